The number of alkyl halides is 1. The van der Waals surface area contributed by atoms with E-state index in [1.54, 1.807) is 12.2 Å². The lowest BCUT2D eigenvalue weighted by molar-refractivity contribution is 0.483. The molecule has 1 N–H and O–H groups in total. The van der Waals surface area contributed by atoms with Crippen LogP contribution >= 0.6 is 0 Å². The van der Waals surface area contributed by atoms with E-state index in [9.17, 15) is 4.39 Å². The largest absolute Gasteiger partial charge is 0.383 e. The van der Waals surface area contributed by atoms with Gasteiger partial charge in [-0.05, 0) is 13.0 Å². The molecule has 0 atom stereocenters. The highest BCUT2D eigenvalue weighted by Gasteiger charge is 1.86. The first kappa shape index (κ1) is 9.95. The van der Waals surface area contributed by atoms with E-state index in [-0.39, 0.29) is 6.67 Å². The SMILES string of the molecule is C=C/C=C\C(=C/C)NCCF. The van der Waals surface area contributed by atoms with Gasteiger partial charge in [0, 0.05) is 12.2 Å². The zero-order valence-corrected chi connectivity index (χ0v) is 6.81. The summed E-state index contributed by atoms with van der Waals surface area (Å²) in [6.45, 7) is 5.44. The highest BCUT2D eigenvalue weighted by Crippen LogP contribution is 1.90. The first-order valence-electron chi connectivity index (χ1n) is 3.60. The smallest absolute Gasteiger partial charge is 0.107 e. The van der Waals surface area contributed by atoms with E-state index in [2.05, 4.69) is 11.9 Å². The molecular formula is C9H14FN. The summed E-state index contributed by atoms with van der Waals surface area (Å²) in [5.41, 5.74) is 0.919. The number of hydrogen-bond acceptors (Lipinski definition) is 1. The van der Waals surface area contributed by atoms with Crippen LogP contribution in [0.3, 0.4) is 0 Å². The Balaban J connectivity index is 3.77. The van der Waals surface area contributed by atoms with Crippen LogP contribution < -0.4 is 5.32 Å². The Bertz CT molecular complexity index is 159. The Morgan fingerprint density at radius 3 is 2.82 bits per heavy atom. The zero-order chi connectivity index (χ0) is 8.53. The highest BCUT2D eigenvalue weighted by molar-refractivity contribution is 5.19. The van der Waals surface area contributed by atoms with E-state index in [0.717, 1.165) is 5.70 Å². The summed E-state index contributed by atoms with van der Waals surface area (Å²) in [4.78, 5) is 0. The molecule has 0 aromatic carbocycles. The number of rotatable bonds is 5. The molecule has 11 heavy (non-hydrogen) atoms. The third kappa shape index (κ3) is 5.40. The van der Waals surface area contributed by atoms with E-state index in [4.69, 9.17) is 0 Å². The minimum absolute atomic E-state index is 0.348. The van der Waals surface area contributed by atoms with Crippen LogP contribution in [-0.4, -0.2) is 13.2 Å². The molecule has 62 valence electrons. The van der Waals surface area contributed by atoms with Gasteiger partial charge in [0.2, 0.25) is 0 Å². The molecule has 2 heteroatoms. The lowest BCUT2D eigenvalue weighted by Gasteiger charge is -2.01. The van der Waals surface area contributed by atoms with Crippen LogP contribution in [0.15, 0.2) is 36.6 Å². The van der Waals surface area contributed by atoms with Gasteiger partial charge in [0.15, 0.2) is 0 Å². The summed E-state index contributed by atoms with van der Waals surface area (Å²) < 4.78 is 11.7. The Kier molecular flexibility index (Phi) is 6.39. The van der Waals surface area contributed by atoms with E-state index in [1.807, 2.05) is 19.1 Å². The van der Waals surface area contributed by atoms with Crippen LogP contribution in [0.4, 0.5) is 4.39 Å². The van der Waals surface area contributed by atoms with Crippen molar-refractivity contribution >= 4 is 0 Å². The maximum Gasteiger partial charge on any atom is 0.107 e. The average Bonchev–Trinajstić information content (AvgIpc) is 2.05. The fourth-order valence-corrected chi connectivity index (χ4v) is 0.621. The molecule has 0 bridgehead atoms. The fourth-order valence-electron chi connectivity index (χ4n) is 0.621. The van der Waals surface area contributed by atoms with Gasteiger partial charge in [0.25, 0.3) is 0 Å². The molecule has 1 nitrogen and oxygen atoms in total. The first-order chi connectivity index (χ1) is 5.35. The zero-order valence-electron chi connectivity index (χ0n) is 6.81. The van der Waals surface area contributed by atoms with E-state index >= 15 is 0 Å². The molecule has 0 aliphatic heterocycles. The Labute approximate surface area is 67.3 Å². The summed E-state index contributed by atoms with van der Waals surface area (Å²) in [6, 6.07) is 0. The lowest BCUT2D eigenvalue weighted by Crippen LogP contribution is -2.14. The summed E-state index contributed by atoms with van der Waals surface area (Å²) in [7, 11) is 0. The summed E-state index contributed by atoms with van der Waals surface area (Å²) in [6.07, 6.45) is 7.22. The van der Waals surface area contributed by atoms with E-state index in [0.29, 0.717) is 6.54 Å². The normalized spacial score (nSPS) is 12.0. The van der Waals surface area contributed by atoms with E-state index in [1.165, 1.54) is 0 Å². The van der Waals surface area contributed by atoms with Gasteiger partial charge in [-0.25, -0.2) is 4.39 Å². The molecule has 0 amide bonds. The topological polar surface area (TPSA) is 12.0 Å². The van der Waals surface area contributed by atoms with Crippen LogP contribution in [-0.2, 0) is 0 Å². The maximum absolute atomic E-state index is 11.7. The molecule has 0 aromatic rings. The van der Waals surface area contributed by atoms with Crippen molar-refractivity contribution in [3.63, 3.8) is 0 Å². The molecule has 0 aromatic heterocycles. The van der Waals surface area contributed by atoms with Crippen molar-refractivity contribution in [2.45, 2.75) is 6.92 Å². The number of hydrogen-bond donors (Lipinski definition) is 1. The first-order valence-corrected chi connectivity index (χ1v) is 3.60. The second kappa shape index (κ2) is 7.06. The van der Waals surface area contributed by atoms with Gasteiger partial charge in [0.1, 0.15) is 6.67 Å². The predicted molar refractivity (Wildman–Crippen MR) is 47.1 cm³/mol. The molecule has 0 aliphatic rings. The molecular weight excluding hydrogens is 141 g/mol. The minimum Gasteiger partial charge on any atom is -0.383 e. The molecule has 0 unspecified atom stereocenters. The van der Waals surface area contributed by atoms with Crippen molar-refractivity contribution in [3.8, 4) is 0 Å². The molecule has 0 aliphatic carbocycles. The lowest BCUT2D eigenvalue weighted by atomic mass is 10.3. The summed E-state index contributed by atoms with van der Waals surface area (Å²) >= 11 is 0. The third-order valence-electron chi connectivity index (χ3n) is 1.15. The number of nitrogens with one attached hydrogen (secondary N) is 1. The number of allylic oxidation sites excluding steroid dienone is 4. The van der Waals surface area contributed by atoms with Crippen molar-refractivity contribution in [1.29, 1.82) is 0 Å². The van der Waals surface area contributed by atoms with Crippen molar-refractivity contribution < 1.29 is 4.39 Å². The van der Waals surface area contributed by atoms with Gasteiger partial charge in [-0.2, -0.15) is 0 Å². The van der Waals surface area contributed by atoms with Crippen molar-refractivity contribution in [2.75, 3.05) is 13.2 Å². The molecule has 0 rings (SSSR count). The second-order valence-corrected chi connectivity index (χ2v) is 1.95. The van der Waals surface area contributed by atoms with Crippen LogP contribution in [0.5, 0.6) is 0 Å². The van der Waals surface area contributed by atoms with Gasteiger partial charge in [-0.3, -0.25) is 0 Å². The van der Waals surface area contributed by atoms with E-state index < -0.39 is 0 Å². The number of halogens is 1. The van der Waals surface area contributed by atoms with Gasteiger partial charge in [-0.15, -0.1) is 0 Å². The van der Waals surface area contributed by atoms with Crippen LogP contribution in [0.25, 0.3) is 0 Å². The molecule has 0 fully saturated rings. The summed E-state index contributed by atoms with van der Waals surface area (Å²) in [5, 5.41) is 2.91. The standard InChI is InChI=1S/C9H14FN/c1-3-5-6-9(4-2)11-8-7-10/h3-6,11H,1,7-8H2,2H3/b6-5-,9-4+. The molecule has 0 saturated heterocycles. The van der Waals surface area contributed by atoms with Gasteiger partial charge < -0.3 is 5.32 Å². The quantitative estimate of drug-likeness (QED) is 0.600. The second-order valence-electron chi connectivity index (χ2n) is 1.95. The van der Waals surface area contributed by atoms with Crippen LogP contribution in [0.1, 0.15) is 6.92 Å². The predicted octanol–water partition coefficient (Wildman–Crippen LogP) is 2.19. The van der Waals surface area contributed by atoms with Gasteiger partial charge in [0.05, 0.1) is 0 Å². The Morgan fingerprint density at radius 1 is 1.64 bits per heavy atom. The minimum atomic E-state index is -0.348. The van der Waals surface area contributed by atoms with Crippen molar-refractivity contribution in [3.05, 3.63) is 36.6 Å². The maximum atomic E-state index is 11.7. The van der Waals surface area contributed by atoms with Gasteiger partial charge in [-0.1, -0.05) is 24.8 Å². The van der Waals surface area contributed by atoms with Crippen LogP contribution in [0.2, 0.25) is 0 Å². The average molecular weight is 155 g/mol. The molecule has 0 radical (unpaired) electrons. The fraction of sp³-hybridized carbons (Fsp3) is 0.333. The highest BCUT2D eigenvalue weighted by atomic mass is 19.1. The van der Waals surface area contributed by atoms with Crippen molar-refractivity contribution in [2.24, 2.45) is 0 Å². The molecule has 0 saturated carbocycles. The van der Waals surface area contributed by atoms with Gasteiger partial charge >= 0.3 is 0 Å². The Morgan fingerprint density at radius 2 is 2.36 bits per heavy atom. The molecule has 0 spiro atoms. The third-order valence-corrected chi connectivity index (χ3v) is 1.15. The van der Waals surface area contributed by atoms with Crippen LogP contribution in [0, 0.1) is 0 Å². The summed E-state index contributed by atoms with van der Waals surface area (Å²) in [5.74, 6) is 0. The van der Waals surface area contributed by atoms with Crippen molar-refractivity contribution in [1.82, 2.24) is 5.32 Å². The Hall–Kier alpha value is -1.05. The monoisotopic (exact) mass is 155 g/mol. The molecule has 0 heterocycles.